The minimum atomic E-state index is -4.78. The summed E-state index contributed by atoms with van der Waals surface area (Å²) >= 11 is 3.48. The zero-order chi connectivity index (χ0) is 22.2. The average Bonchev–Trinajstić information content (AvgIpc) is 3.31. The summed E-state index contributed by atoms with van der Waals surface area (Å²) in [7, 11) is 0. The second-order valence-electron chi connectivity index (χ2n) is 6.34. The zero-order valence-corrected chi connectivity index (χ0v) is 17.5. The molecule has 0 spiro atoms. The van der Waals surface area contributed by atoms with E-state index in [1.165, 1.54) is 22.7 Å². The number of aryl methyl sites for hydroxylation is 1. The highest BCUT2D eigenvalue weighted by Gasteiger charge is 2.31. The summed E-state index contributed by atoms with van der Waals surface area (Å²) in [5.41, 5.74) is 2.09. The van der Waals surface area contributed by atoms with E-state index in [-0.39, 0.29) is 17.1 Å². The molecule has 0 fully saturated rings. The Morgan fingerprint density at radius 3 is 2.58 bits per heavy atom. The predicted molar refractivity (Wildman–Crippen MR) is 109 cm³/mol. The Hall–Kier alpha value is -3.41. The molecule has 1 aromatic carbocycles. The van der Waals surface area contributed by atoms with Crippen molar-refractivity contribution in [2.24, 2.45) is 0 Å². The van der Waals surface area contributed by atoms with Gasteiger partial charge in [0, 0.05) is 30.7 Å². The highest BCUT2D eigenvalue weighted by Crippen LogP contribution is 2.27. The van der Waals surface area contributed by atoms with Gasteiger partial charge in [-0.25, -0.2) is 9.50 Å². The van der Waals surface area contributed by atoms with Gasteiger partial charge < -0.3 is 10.1 Å². The molecule has 8 nitrogen and oxygen atoms in total. The van der Waals surface area contributed by atoms with E-state index in [1.807, 2.05) is 13.1 Å². The summed E-state index contributed by atoms with van der Waals surface area (Å²) in [5.74, 6) is -0.928. The van der Waals surface area contributed by atoms with Gasteiger partial charge in [-0.3, -0.25) is 9.48 Å². The molecule has 0 atom stereocenters. The first-order valence-electron chi connectivity index (χ1n) is 8.99. The summed E-state index contributed by atoms with van der Waals surface area (Å²) in [4.78, 5) is 16.8. The quantitative estimate of drug-likeness (QED) is 0.440. The average molecular weight is 495 g/mol. The summed E-state index contributed by atoms with van der Waals surface area (Å²) in [6.07, 6.45) is -1.36. The van der Waals surface area contributed by atoms with Gasteiger partial charge in [-0.2, -0.15) is 10.2 Å². The number of anilines is 1. The number of hydrogen-bond acceptors (Lipinski definition) is 5. The maximum Gasteiger partial charge on any atom is 0.573 e. The van der Waals surface area contributed by atoms with Crippen molar-refractivity contribution >= 4 is 33.2 Å². The molecule has 12 heteroatoms. The van der Waals surface area contributed by atoms with Crippen LogP contribution in [0.25, 0.3) is 17.0 Å². The van der Waals surface area contributed by atoms with Crippen LogP contribution in [0.5, 0.6) is 5.75 Å². The lowest BCUT2D eigenvalue weighted by Gasteiger charge is -2.09. The number of amides is 1. The molecule has 160 valence electrons. The van der Waals surface area contributed by atoms with E-state index in [4.69, 9.17) is 0 Å². The lowest BCUT2D eigenvalue weighted by molar-refractivity contribution is -0.274. The number of rotatable bonds is 5. The molecule has 0 unspecified atom stereocenters. The molecule has 0 aliphatic rings. The minimum absolute atomic E-state index is 0.0848. The molecule has 0 bridgehead atoms. The van der Waals surface area contributed by atoms with Crippen molar-refractivity contribution in [3.8, 4) is 17.1 Å². The van der Waals surface area contributed by atoms with Crippen LogP contribution < -0.4 is 10.1 Å². The molecular weight excluding hydrogens is 481 g/mol. The number of carbonyl (C=O) groups is 1. The SMILES string of the molecule is CCn1cc(Br)c(-c2ccnc3cc(C(=O)Nc4ccc(OC(F)(F)F)cc4)nn23)n1. The van der Waals surface area contributed by atoms with Gasteiger partial charge in [0.15, 0.2) is 11.3 Å². The van der Waals surface area contributed by atoms with Crippen molar-refractivity contribution in [3.63, 3.8) is 0 Å². The molecule has 0 aliphatic carbocycles. The molecular formula is C19H14BrF3N6O2. The fourth-order valence-corrected chi connectivity index (χ4v) is 3.37. The molecule has 0 saturated heterocycles. The van der Waals surface area contributed by atoms with Crippen molar-refractivity contribution in [1.29, 1.82) is 0 Å². The molecule has 3 aromatic heterocycles. The first-order chi connectivity index (χ1) is 14.7. The zero-order valence-electron chi connectivity index (χ0n) is 15.9. The Balaban J connectivity index is 1.59. The van der Waals surface area contributed by atoms with Crippen molar-refractivity contribution in [2.75, 3.05) is 5.32 Å². The maximum atomic E-state index is 12.6. The van der Waals surface area contributed by atoms with Crippen LogP contribution in [0, 0.1) is 0 Å². The standard InChI is InChI=1S/C19H14BrF3N6O2/c1-2-28-10-13(20)17(27-28)15-7-8-24-16-9-14(26-29(15)16)18(30)25-11-3-5-12(6-4-11)31-19(21,22)23/h3-10H,2H2,1H3,(H,25,30). The number of nitrogens with one attached hydrogen (secondary N) is 1. The number of nitrogens with zero attached hydrogens (tertiary/aromatic N) is 5. The Morgan fingerprint density at radius 2 is 1.94 bits per heavy atom. The van der Waals surface area contributed by atoms with Gasteiger partial charge in [-0.15, -0.1) is 13.2 Å². The molecule has 31 heavy (non-hydrogen) atoms. The number of benzene rings is 1. The van der Waals surface area contributed by atoms with E-state index in [0.717, 1.165) is 16.6 Å². The highest BCUT2D eigenvalue weighted by molar-refractivity contribution is 9.10. The van der Waals surface area contributed by atoms with Crippen LogP contribution in [0.15, 0.2) is 53.3 Å². The van der Waals surface area contributed by atoms with Gasteiger partial charge in [0.25, 0.3) is 5.91 Å². The van der Waals surface area contributed by atoms with Gasteiger partial charge >= 0.3 is 6.36 Å². The van der Waals surface area contributed by atoms with E-state index >= 15 is 0 Å². The normalized spacial score (nSPS) is 11.6. The molecule has 4 rings (SSSR count). The van der Waals surface area contributed by atoms with E-state index < -0.39 is 12.3 Å². The molecule has 4 aromatic rings. The van der Waals surface area contributed by atoms with Crippen molar-refractivity contribution in [1.82, 2.24) is 24.4 Å². The first-order valence-corrected chi connectivity index (χ1v) is 9.78. The third-order valence-corrected chi connectivity index (χ3v) is 4.80. The van der Waals surface area contributed by atoms with E-state index in [9.17, 15) is 18.0 Å². The van der Waals surface area contributed by atoms with Crippen LogP contribution in [0.4, 0.5) is 18.9 Å². The molecule has 1 N–H and O–H groups in total. The number of alkyl halides is 3. The summed E-state index contributed by atoms with van der Waals surface area (Å²) in [6.45, 7) is 2.65. The highest BCUT2D eigenvalue weighted by atomic mass is 79.9. The molecule has 0 saturated carbocycles. The third kappa shape index (κ3) is 4.53. The third-order valence-electron chi connectivity index (χ3n) is 4.22. The van der Waals surface area contributed by atoms with Crippen LogP contribution in [-0.2, 0) is 6.54 Å². The van der Waals surface area contributed by atoms with Crippen molar-refractivity contribution in [2.45, 2.75) is 19.8 Å². The van der Waals surface area contributed by atoms with Gasteiger partial charge in [0.2, 0.25) is 0 Å². The number of ether oxygens (including phenoxy) is 1. The number of hydrogen-bond donors (Lipinski definition) is 1. The van der Waals surface area contributed by atoms with Gasteiger partial charge in [-0.05, 0) is 53.2 Å². The van der Waals surface area contributed by atoms with Gasteiger partial charge in [0.05, 0.1) is 10.2 Å². The summed E-state index contributed by atoms with van der Waals surface area (Å²) in [6, 6.07) is 8.04. The van der Waals surface area contributed by atoms with Crippen LogP contribution in [0.2, 0.25) is 0 Å². The smallest absolute Gasteiger partial charge is 0.406 e. The van der Waals surface area contributed by atoms with Crippen LogP contribution in [-0.4, -0.2) is 36.6 Å². The van der Waals surface area contributed by atoms with E-state index in [0.29, 0.717) is 23.6 Å². The fraction of sp³-hybridized carbons (Fsp3) is 0.158. The Kier molecular flexibility index (Phi) is 5.39. The van der Waals surface area contributed by atoms with E-state index in [1.54, 1.807) is 16.9 Å². The summed E-state index contributed by atoms with van der Waals surface area (Å²) in [5, 5.41) is 11.4. The number of carbonyl (C=O) groups excluding carboxylic acids is 1. The largest absolute Gasteiger partial charge is 0.573 e. The van der Waals surface area contributed by atoms with Crippen LogP contribution >= 0.6 is 15.9 Å². The predicted octanol–water partition coefficient (Wildman–Crippen LogP) is 4.53. The number of aromatic nitrogens is 5. The maximum absolute atomic E-state index is 12.6. The topological polar surface area (TPSA) is 86.3 Å². The Morgan fingerprint density at radius 1 is 1.19 bits per heavy atom. The molecule has 0 aliphatic heterocycles. The fourth-order valence-electron chi connectivity index (χ4n) is 2.85. The molecule has 3 heterocycles. The second kappa shape index (κ2) is 8.02. The van der Waals surface area contributed by atoms with Crippen LogP contribution in [0.1, 0.15) is 17.4 Å². The number of fused-ring (bicyclic) bond motifs is 1. The van der Waals surface area contributed by atoms with E-state index in [2.05, 4.69) is 41.2 Å². The molecule has 1 amide bonds. The van der Waals surface area contributed by atoms with Gasteiger partial charge in [0.1, 0.15) is 11.4 Å². The van der Waals surface area contributed by atoms with Crippen molar-refractivity contribution < 1.29 is 22.7 Å². The minimum Gasteiger partial charge on any atom is -0.406 e. The van der Waals surface area contributed by atoms with Crippen molar-refractivity contribution in [3.05, 3.63) is 59.0 Å². The second-order valence-corrected chi connectivity index (χ2v) is 7.19. The number of halogens is 4. The molecule has 0 radical (unpaired) electrons. The Labute approximate surface area is 181 Å². The first kappa shape index (κ1) is 20.8. The lowest BCUT2D eigenvalue weighted by Crippen LogP contribution is -2.17. The lowest BCUT2D eigenvalue weighted by atomic mass is 10.3. The van der Waals surface area contributed by atoms with Crippen LogP contribution in [0.3, 0.4) is 0 Å². The van der Waals surface area contributed by atoms with Gasteiger partial charge in [-0.1, -0.05) is 0 Å². The summed E-state index contributed by atoms with van der Waals surface area (Å²) < 4.78 is 44.6. The Bertz CT molecular complexity index is 1250. The monoisotopic (exact) mass is 494 g/mol.